The van der Waals surface area contributed by atoms with Gasteiger partial charge in [-0.05, 0) is 42.6 Å². The fourth-order valence-electron chi connectivity index (χ4n) is 2.06. The second kappa shape index (κ2) is 7.55. The Morgan fingerprint density at radius 1 is 0.789 bits per heavy atom. The third kappa shape index (κ3) is 4.72. The summed E-state index contributed by atoms with van der Waals surface area (Å²) < 4.78 is 0. The summed E-state index contributed by atoms with van der Waals surface area (Å²) in [6.45, 7) is 5.83. The van der Waals surface area contributed by atoms with Gasteiger partial charge in [0.25, 0.3) is 0 Å². The zero-order valence-corrected chi connectivity index (χ0v) is 11.3. The van der Waals surface area contributed by atoms with Crippen LogP contribution in [-0.4, -0.2) is 13.1 Å². The molecule has 1 heteroatoms. The summed E-state index contributed by atoms with van der Waals surface area (Å²) in [4.78, 5) is 0. The fraction of sp³-hybridized carbons (Fsp3) is 0.222. The first-order valence-electron chi connectivity index (χ1n) is 6.84. The molecule has 0 heterocycles. The van der Waals surface area contributed by atoms with Crippen LogP contribution in [0.15, 0.2) is 61.2 Å². The van der Waals surface area contributed by atoms with Crippen LogP contribution in [0.2, 0.25) is 0 Å². The molecule has 0 unspecified atom stereocenters. The molecule has 0 amide bonds. The van der Waals surface area contributed by atoms with Crippen LogP contribution >= 0.6 is 0 Å². The molecule has 0 saturated carbocycles. The van der Waals surface area contributed by atoms with E-state index in [0.29, 0.717) is 0 Å². The SMILES string of the molecule is C=Cc1ccc(CCNCCc2ccccc2)cc1. The van der Waals surface area contributed by atoms with Crippen molar-refractivity contribution in [3.05, 3.63) is 77.9 Å². The average Bonchev–Trinajstić information content (AvgIpc) is 2.49. The van der Waals surface area contributed by atoms with Gasteiger partial charge in [0.2, 0.25) is 0 Å². The molecule has 2 aromatic rings. The van der Waals surface area contributed by atoms with E-state index in [9.17, 15) is 0 Å². The smallest absolute Gasteiger partial charge is 0.000822 e. The summed E-state index contributed by atoms with van der Waals surface area (Å²) in [6, 6.07) is 19.2. The Bertz CT molecular complexity index is 485. The van der Waals surface area contributed by atoms with Crippen LogP contribution in [0.25, 0.3) is 6.08 Å². The van der Waals surface area contributed by atoms with Crippen LogP contribution in [-0.2, 0) is 12.8 Å². The van der Waals surface area contributed by atoms with E-state index in [2.05, 4.69) is 66.5 Å². The Balaban J connectivity index is 1.65. The van der Waals surface area contributed by atoms with E-state index in [4.69, 9.17) is 0 Å². The molecule has 0 saturated heterocycles. The molecule has 0 aliphatic carbocycles. The van der Waals surface area contributed by atoms with E-state index in [-0.39, 0.29) is 0 Å². The van der Waals surface area contributed by atoms with Crippen LogP contribution in [0.5, 0.6) is 0 Å². The van der Waals surface area contributed by atoms with Gasteiger partial charge in [-0.2, -0.15) is 0 Å². The molecule has 0 spiro atoms. The monoisotopic (exact) mass is 251 g/mol. The standard InChI is InChI=1S/C18H21N/c1-2-16-8-10-18(11-9-16)13-15-19-14-12-17-6-4-3-5-7-17/h2-11,19H,1,12-15H2. The van der Waals surface area contributed by atoms with Gasteiger partial charge in [0.1, 0.15) is 0 Å². The lowest BCUT2D eigenvalue weighted by Gasteiger charge is -2.05. The third-order valence-electron chi connectivity index (χ3n) is 3.24. The van der Waals surface area contributed by atoms with E-state index in [1.165, 1.54) is 16.7 Å². The first kappa shape index (κ1) is 13.6. The molecule has 2 rings (SSSR count). The maximum atomic E-state index is 3.76. The first-order valence-corrected chi connectivity index (χ1v) is 6.84. The normalized spacial score (nSPS) is 10.3. The first-order chi connectivity index (χ1) is 9.38. The fourth-order valence-corrected chi connectivity index (χ4v) is 2.06. The maximum Gasteiger partial charge on any atom is -0.000822 e. The van der Waals surface area contributed by atoms with E-state index >= 15 is 0 Å². The molecule has 0 fully saturated rings. The molecule has 0 radical (unpaired) electrons. The predicted molar refractivity (Wildman–Crippen MR) is 83.3 cm³/mol. The van der Waals surface area contributed by atoms with Crippen LogP contribution in [0.4, 0.5) is 0 Å². The van der Waals surface area contributed by atoms with Crippen molar-refractivity contribution in [1.29, 1.82) is 0 Å². The second-order valence-electron chi connectivity index (χ2n) is 4.68. The molecule has 0 aliphatic heterocycles. The number of rotatable bonds is 7. The Labute approximate surface area is 116 Å². The molecule has 19 heavy (non-hydrogen) atoms. The van der Waals surface area contributed by atoms with Gasteiger partial charge in [0.15, 0.2) is 0 Å². The molecule has 0 atom stereocenters. The lowest BCUT2D eigenvalue weighted by molar-refractivity contribution is 0.682. The molecule has 98 valence electrons. The largest absolute Gasteiger partial charge is 0.316 e. The topological polar surface area (TPSA) is 12.0 Å². The molecule has 0 aromatic heterocycles. The van der Waals surface area contributed by atoms with Crippen LogP contribution in [0.3, 0.4) is 0 Å². The van der Waals surface area contributed by atoms with Gasteiger partial charge >= 0.3 is 0 Å². The van der Waals surface area contributed by atoms with Crippen molar-refractivity contribution >= 4 is 6.08 Å². The number of nitrogens with one attached hydrogen (secondary N) is 1. The minimum Gasteiger partial charge on any atom is -0.316 e. The van der Waals surface area contributed by atoms with E-state index < -0.39 is 0 Å². The Kier molecular flexibility index (Phi) is 5.39. The van der Waals surface area contributed by atoms with E-state index in [1.807, 2.05) is 6.08 Å². The Morgan fingerprint density at radius 3 is 1.95 bits per heavy atom. The lowest BCUT2D eigenvalue weighted by Crippen LogP contribution is -2.20. The summed E-state index contributed by atoms with van der Waals surface area (Å²) in [5.74, 6) is 0. The number of hydrogen-bond donors (Lipinski definition) is 1. The zero-order valence-electron chi connectivity index (χ0n) is 11.3. The Morgan fingerprint density at radius 2 is 1.37 bits per heavy atom. The van der Waals surface area contributed by atoms with Crippen molar-refractivity contribution in [3.63, 3.8) is 0 Å². The van der Waals surface area contributed by atoms with Crippen molar-refractivity contribution in [3.8, 4) is 0 Å². The summed E-state index contributed by atoms with van der Waals surface area (Å²) in [5, 5.41) is 3.49. The summed E-state index contributed by atoms with van der Waals surface area (Å²) in [7, 11) is 0. The molecular formula is C18H21N. The zero-order chi connectivity index (χ0) is 13.3. The van der Waals surface area contributed by atoms with Gasteiger partial charge in [-0.25, -0.2) is 0 Å². The average molecular weight is 251 g/mol. The van der Waals surface area contributed by atoms with Crippen LogP contribution in [0.1, 0.15) is 16.7 Å². The van der Waals surface area contributed by atoms with Crippen LogP contribution < -0.4 is 5.32 Å². The minimum absolute atomic E-state index is 1.03. The van der Waals surface area contributed by atoms with E-state index in [0.717, 1.165) is 25.9 Å². The van der Waals surface area contributed by atoms with Gasteiger partial charge in [-0.1, -0.05) is 67.3 Å². The van der Waals surface area contributed by atoms with Gasteiger partial charge in [-0.15, -0.1) is 0 Å². The Hall–Kier alpha value is -1.86. The molecule has 1 nitrogen and oxygen atoms in total. The highest BCUT2D eigenvalue weighted by Crippen LogP contribution is 2.05. The summed E-state index contributed by atoms with van der Waals surface area (Å²) in [6.07, 6.45) is 4.05. The van der Waals surface area contributed by atoms with Crippen molar-refractivity contribution in [2.75, 3.05) is 13.1 Å². The third-order valence-corrected chi connectivity index (χ3v) is 3.24. The maximum absolute atomic E-state index is 3.76. The van der Waals surface area contributed by atoms with Gasteiger partial charge in [0, 0.05) is 0 Å². The summed E-state index contributed by atoms with van der Waals surface area (Å²) >= 11 is 0. The highest BCUT2D eigenvalue weighted by molar-refractivity contribution is 5.47. The predicted octanol–water partition coefficient (Wildman–Crippen LogP) is 3.70. The van der Waals surface area contributed by atoms with E-state index in [1.54, 1.807) is 0 Å². The number of benzene rings is 2. The van der Waals surface area contributed by atoms with Gasteiger partial charge in [0.05, 0.1) is 0 Å². The minimum atomic E-state index is 1.03. The molecule has 0 aliphatic rings. The van der Waals surface area contributed by atoms with Gasteiger partial charge < -0.3 is 5.32 Å². The second-order valence-corrected chi connectivity index (χ2v) is 4.68. The van der Waals surface area contributed by atoms with Crippen molar-refractivity contribution in [2.45, 2.75) is 12.8 Å². The highest BCUT2D eigenvalue weighted by Gasteiger charge is 1.94. The van der Waals surface area contributed by atoms with Crippen molar-refractivity contribution < 1.29 is 0 Å². The van der Waals surface area contributed by atoms with Gasteiger partial charge in [-0.3, -0.25) is 0 Å². The molecule has 1 N–H and O–H groups in total. The molecule has 2 aromatic carbocycles. The van der Waals surface area contributed by atoms with Crippen molar-refractivity contribution in [2.24, 2.45) is 0 Å². The summed E-state index contributed by atoms with van der Waals surface area (Å²) in [5.41, 5.74) is 3.95. The quantitative estimate of drug-likeness (QED) is 0.740. The van der Waals surface area contributed by atoms with Crippen molar-refractivity contribution in [1.82, 2.24) is 5.32 Å². The van der Waals surface area contributed by atoms with Crippen LogP contribution in [0, 0.1) is 0 Å². The molecule has 0 bridgehead atoms. The highest BCUT2D eigenvalue weighted by atomic mass is 14.8. The number of hydrogen-bond acceptors (Lipinski definition) is 1. The lowest BCUT2D eigenvalue weighted by atomic mass is 10.1. The molecular weight excluding hydrogens is 230 g/mol.